The molecule has 8 heteroatoms. The van der Waals surface area contributed by atoms with Crippen LogP contribution in [0.2, 0.25) is 0 Å². The monoisotopic (exact) mass is 393 g/mol. The molecule has 0 saturated carbocycles. The minimum absolute atomic E-state index is 0.597. The van der Waals surface area contributed by atoms with E-state index >= 15 is 0 Å². The van der Waals surface area contributed by atoms with Crippen LogP contribution >= 0.6 is 0 Å². The Hall–Kier alpha value is -2.84. The molecule has 0 radical (unpaired) electrons. The summed E-state index contributed by atoms with van der Waals surface area (Å²) in [6, 6.07) is 3.74. The molecule has 1 N–H and O–H groups in total. The summed E-state index contributed by atoms with van der Waals surface area (Å²) in [6.45, 7) is 9.94. The summed E-state index contributed by atoms with van der Waals surface area (Å²) in [4.78, 5) is 22.7. The van der Waals surface area contributed by atoms with E-state index in [4.69, 9.17) is 9.40 Å². The van der Waals surface area contributed by atoms with E-state index in [-0.39, 0.29) is 0 Å². The van der Waals surface area contributed by atoms with Gasteiger partial charge < -0.3 is 19.5 Å². The SMILES string of the molecule is CCN1CCN(CCCNc2ncc(-c3cnccn3)c(-c3ccco3)n2)CC1. The van der Waals surface area contributed by atoms with Crippen LogP contribution in [0.25, 0.3) is 22.7 Å². The van der Waals surface area contributed by atoms with Gasteiger partial charge in [0.25, 0.3) is 0 Å². The van der Waals surface area contributed by atoms with Crippen LogP contribution in [0.1, 0.15) is 13.3 Å². The minimum atomic E-state index is 0.597. The van der Waals surface area contributed by atoms with Crippen LogP contribution in [0.4, 0.5) is 5.95 Å². The van der Waals surface area contributed by atoms with Crippen molar-refractivity contribution in [3.8, 4) is 22.7 Å². The Balaban J connectivity index is 1.38. The average Bonchev–Trinajstić information content (AvgIpc) is 3.32. The summed E-state index contributed by atoms with van der Waals surface area (Å²) in [5, 5.41) is 3.35. The number of nitrogens with zero attached hydrogens (tertiary/aromatic N) is 6. The Morgan fingerprint density at radius 3 is 2.66 bits per heavy atom. The number of anilines is 1. The van der Waals surface area contributed by atoms with Crippen LogP contribution in [0.15, 0.2) is 47.6 Å². The molecule has 8 nitrogen and oxygen atoms in total. The Labute approximate surface area is 171 Å². The number of nitrogens with one attached hydrogen (secondary N) is 1. The molecule has 1 aliphatic rings. The molecule has 0 aromatic carbocycles. The molecular formula is C21H27N7O. The summed E-state index contributed by atoms with van der Waals surface area (Å²) in [5.41, 5.74) is 2.23. The molecule has 0 atom stereocenters. The van der Waals surface area contributed by atoms with Gasteiger partial charge in [0.2, 0.25) is 5.95 Å². The lowest BCUT2D eigenvalue weighted by Gasteiger charge is -2.33. The van der Waals surface area contributed by atoms with Crippen molar-refractivity contribution in [2.45, 2.75) is 13.3 Å². The molecule has 3 aromatic heterocycles. The average molecular weight is 393 g/mol. The van der Waals surface area contributed by atoms with E-state index in [0.29, 0.717) is 17.4 Å². The number of hydrogen-bond donors (Lipinski definition) is 1. The molecule has 3 aromatic rings. The summed E-state index contributed by atoms with van der Waals surface area (Å²) >= 11 is 0. The highest BCUT2D eigenvalue weighted by Crippen LogP contribution is 2.29. The third-order valence-electron chi connectivity index (χ3n) is 5.23. The first-order chi connectivity index (χ1) is 14.3. The molecule has 0 amide bonds. The van der Waals surface area contributed by atoms with Crippen molar-refractivity contribution >= 4 is 5.95 Å². The Kier molecular flexibility index (Phi) is 6.43. The molecule has 4 heterocycles. The summed E-state index contributed by atoms with van der Waals surface area (Å²) in [7, 11) is 0. The van der Waals surface area contributed by atoms with Crippen molar-refractivity contribution in [3.05, 3.63) is 43.2 Å². The Morgan fingerprint density at radius 1 is 1.07 bits per heavy atom. The zero-order valence-corrected chi connectivity index (χ0v) is 16.8. The van der Waals surface area contributed by atoms with E-state index in [0.717, 1.165) is 50.4 Å². The van der Waals surface area contributed by atoms with Gasteiger partial charge in [-0.1, -0.05) is 6.92 Å². The van der Waals surface area contributed by atoms with Gasteiger partial charge in [-0.25, -0.2) is 9.97 Å². The quantitative estimate of drug-likeness (QED) is 0.585. The van der Waals surface area contributed by atoms with Gasteiger partial charge in [0.05, 0.1) is 18.2 Å². The van der Waals surface area contributed by atoms with Crippen molar-refractivity contribution in [2.75, 3.05) is 51.1 Å². The molecule has 152 valence electrons. The third kappa shape index (κ3) is 4.96. The second kappa shape index (κ2) is 9.58. The Bertz CT molecular complexity index is 877. The van der Waals surface area contributed by atoms with Crippen LogP contribution in [-0.4, -0.2) is 75.5 Å². The van der Waals surface area contributed by atoms with Gasteiger partial charge in [0.15, 0.2) is 5.76 Å². The molecule has 4 rings (SSSR count). The van der Waals surface area contributed by atoms with Crippen LogP contribution in [0, 0.1) is 0 Å². The lowest BCUT2D eigenvalue weighted by Crippen LogP contribution is -2.46. The lowest BCUT2D eigenvalue weighted by molar-refractivity contribution is 0.137. The van der Waals surface area contributed by atoms with E-state index < -0.39 is 0 Å². The smallest absolute Gasteiger partial charge is 0.223 e. The molecular weight excluding hydrogens is 366 g/mol. The topological polar surface area (TPSA) is 83.2 Å². The summed E-state index contributed by atoms with van der Waals surface area (Å²) < 4.78 is 5.58. The van der Waals surface area contributed by atoms with E-state index in [1.165, 1.54) is 13.1 Å². The highest BCUT2D eigenvalue weighted by atomic mass is 16.3. The Morgan fingerprint density at radius 2 is 1.93 bits per heavy atom. The van der Waals surface area contributed by atoms with Gasteiger partial charge in [0.1, 0.15) is 5.69 Å². The highest BCUT2D eigenvalue weighted by Gasteiger charge is 2.16. The zero-order chi connectivity index (χ0) is 19.9. The number of aromatic nitrogens is 4. The fourth-order valence-electron chi connectivity index (χ4n) is 3.53. The van der Waals surface area contributed by atoms with Crippen molar-refractivity contribution in [2.24, 2.45) is 0 Å². The van der Waals surface area contributed by atoms with Crippen LogP contribution in [0.3, 0.4) is 0 Å². The predicted molar refractivity (Wildman–Crippen MR) is 112 cm³/mol. The van der Waals surface area contributed by atoms with Crippen LogP contribution < -0.4 is 5.32 Å². The van der Waals surface area contributed by atoms with Gasteiger partial charge in [-0.15, -0.1) is 0 Å². The van der Waals surface area contributed by atoms with Gasteiger partial charge in [-0.2, -0.15) is 0 Å². The number of piperazine rings is 1. The number of likely N-dealkylation sites (N-methyl/N-ethyl adjacent to an activating group) is 1. The predicted octanol–water partition coefficient (Wildman–Crippen LogP) is 2.63. The normalized spacial score (nSPS) is 15.5. The van der Waals surface area contributed by atoms with Crippen molar-refractivity contribution in [1.29, 1.82) is 0 Å². The van der Waals surface area contributed by atoms with Gasteiger partial charge in [-0.05, 0) is 31.6 Å². The molecule has 0 unspecified atom stereocenters. The first-order valence-electron chi connectivity index (χ1n) is 10.2. The summed E-state index contributed by atoms with van der Waals surface area (Å²) in [5.74, 6) is 1.28. The van der Waals surface area contributed by atoms with Crippen LogP contribution in [0.5, 0.6) is 0 Å². The minimum Gasteiger partial charge on any atom is -0.463 e. The number of rotatable bonds is 8. The molecule has 1 saturated heterocycles. The molecule has 1 fully saturated rings. The van der Waals surface area contributed by atoms with E-state index in [1.807, 2.05) is 12.1 Å². The highest BCUT2D eigenvalue weighted by molar-refractivity contribution is 5.76. The largest absolute Gasteiger partial charge is 0.463 e. The van der Waals surface area contributed by atoms with Gasteiger partial charge in [-0.3, -0.25) is 9.97 Å². The molecule has 0 bridgehead atoms. The second-order valence-electron chi connectivity index (χ2n) is 7.08. The first kappa shape index (κ1) is 19.5. The third-order valence-corrected chi connectivity index (χ3v) is 5.23. The van der Waals surface area contributed by atoms with Crippen molar-refractivity contribution in [3.63, 3.8) is 0 Å². The maximum absolute atomic E-state index is 5.58. The van der Waals surface area contributed by atoms with E-state index in [9.17, 15) is 0 Å². The second-order valence-corrected chi connectivity index (χ2v) is 7.08. The first-order valence-corrected chi connectivity index (χ1v) is 10.2. The van der Waals surface area contributed by atoms with Crippen molar-refractivity contribution < 1.29 is 4.42 Å². The lowest BCUT2D eigenvalue weighted by atomic mass is 10.1. The number of furan rings is 1. The van der Waals surface area contributed by atoms with E-state index in [1.54, 1.807) is 31.1 Å². The number of hydrogen-bond acceptors (Lipinski definition) is 8. The fraction of sp³-hybridized carbons (Fsp3) is 0.429. The molecule has 1 aliphatic heterocycles. The molecule has 0 aliphatic carbocycles. The summed E-state index contributed by atoms with van der Waals surface area (Å²) in [6.07, 6.45) is 9.49. The van der Waals surface area contributed by atoms with E-state index in [2.05, 4.69) is 37.0 Å². The van der Waals surface area contributed by atoms with Crippen LogP contribution in [-0.2, 0) is 0 Å². The maximum atomic E-state index is 5.58. The molecule has 0 spiro atoms. The maximum Gasteiger partial charge on any atom is 0.223 e. The van der Waals surface area contributed by atoms with Gasteiger partial charge >= 0.3 is 0 Å². The standard InChI is InChI=1S/C21H27N7O/c1-2-27-10-12-28(13-11-27)9-4-6-24-21-25-15-17(18-16-22-7-8-23-18)20(26-21)19-5-3-14-29-19/h3,5,7-8,14-16H,2,4,6,9-13H2,1H3,(H,24,25,26). The zero-order valence-electron chi connectivity index (χ0n) is 16.8. The van der Waals surface area contributed by atoms with Crippen molar-refractivity contribution in [1.82, 2.24) is 29.7 Å². The molecule has 29 heavy (non-hydrogen) atoms. The fourth-order valence-corrected chi connectivity index (χ4v) is 3.53. The van der Waals surface area contributed by atoms with Gasteiger partial charge in [0, 0.05) is 56.9 Å².